The molecule has 0 unspecified atom stereocenters. The Kier molecular flexibility index (Phi) is 4.74. The standard InChI is InChI=1S/C18H14N2O2/c1-3-13-7-5-9-15(11-13)20-18(22)14-8-6-10-16(12-14)19-17(21)4-2/h1,4-12H,2H2,(H,19,21)(H,20,22). The molecule has 0 heterocycles. The van der Waals surface area contributed by atoms with Crippen LogP contribution in [0.5, 0.6) is 0 Å². The Morgan fingerprint density at radius 1 is 1.05 bits per heavy atom. The average molecular weight is 290 g/mol. The molecule has 2 aromatic carbocycles. The smallest absolute Gasteiger partial charge is 0.255 e. The quantitative estimate of drug-likeness (QED) is 0.671. The SMILES string of the molecule is C#Cc1cccc(NC(=O)c2cccc(NC(=O)C=C)c2)c1. The zero-order valence-electron chi connectivity index (χ0n) is 11.8. The van der Waals surface area contributed by atoms with Gasteiger partial charge in [0.2, 0.25) is 5.91 Å². The maximum absolute atomic E-state index is 12.2. The van der Waals surface area contributed by atoms with Crippen molar-refractivity contribution in [3.8, 4) is 12.3 Å². The minimum Gasteiger partial charge on any atom is -0.323 e. The van der Waals surface area contributed by atoms with Crippen molar-refractivity contribution in [1.82, 2.24) is 0 Å². The summed E-state index contributed by atoms with van der Waals surface area (Å²) in [4.78, 5) is 23.5. The van der Waals surface area contributed by atoms with Crippen molar-refractivity contribution in [2.24, 2.45) is 0 Å². The zero-order chi connectivity index (χ0) is 15.9. The topological polar surface area (TPSA) is 58.2 Å². The molecule has 2 amide bonds. The molecule has 0 radical (unpaired) electrons. The molecule has 0 bridgehead atoms. The molecule has 4 heteroatoms. The third-order valence-corrected chi connectivity index (χ3v) is 2.86. The van der Waals surface area contributed by atoms with Crippen LogP contribution in [0.1, 0.15) is 15.9 Å². The van der Waals surface area contributed by atoms with Crippen molar-refractivity contribution in [3.05, 3.63) is 72.3 Å². The zero-order valence-corrected chi connectivity index (χ0v) is 11.8. The Bertz CT molecular complexity index is 773. The highest BCUT2D eigenvalue weighted by Crippen LogP contribution is 2.14. The highest BCUT2D eigenvalue weighted by Gasteiger charge is 2.07. The molecule has 2 aromatic rings. The Labute approximate surface area is 128 Å². The number of amides is 2. The second-order valence-corrected chi connectivity index (χ2v) is 4.45. The van der Waals surface area contributed by atoms with E-state index in [1.807, 2.05) is 0 Å². The fourth-order valence-corrected chi connectivity index (χ4v) is 1.82. The van der Waals surface area contributed by atoms with E-state index in [0.717, 1.165) is 6.08 Å². The summed E-state index contributed by atoms with van der Waals surface area (Å²) in [5.74, 6) is 1.89. The van der Waals surface area contributed by atoms with Gasteiger partial charge >= 0.3 is 0 Å². The first kappa shape index (κ1) is 15.1. The highest BCUT2D eigenvalue weighted by atomic mass is 16.2. The summed E-state index contributed by atoms with van der Waals surface area (Å²) in [5, 5.41) is 5.37. The second-order valence-electron chi connectivity index (χ2n) is 4.45. The summed E-state index contributed by atoms with van der Waals surface area (Å²) in [6.07, 6.45) is 6.49. The number of anilines is 2. The summed E-state index contributed by atoms with van der Waals surface area (Å²) < 4.78 is 0. The average Bonchev–Trinajstić information content (AvgIpc) is 2.55. The van der Waals surface area contributed by atoms with Gasteiger partial charge in [0, 0.05) is 22.5 Å². The third-order valence-electron chi connectivity index (χ3n) is 2.86. The molecule has 22 heavy (non-hydrogen) atoms. The molecule has 0 fully saturated rings. The summed E-state index contributed by atoms with van der Waals surface area (Å²) in [5.41, 5.74) is 2.24. The summed E-state index contributed by atoms with van der Waals surface area (Å²) >= 11 is 0. The fraction of sp³-hybridized carbons (Fsp3) is 0. The number of carbonyl (C=O) groups excluding carboxylic acids is 2. The van der Waals surface area contributed by atoms with Gasteiger partial charge in [-0.2, -0.15) is 0 Å². The van der Waals surface area contributed by atoms with E-state index in [4.69, 9.17) is 6.42 Å². The Morgan fingerprint density at radius 2 is 1.73 bits per heavy atom. The molecule has 0 aliphatic heterocycles. The molecular formula is C18H14N2O2. The van der Waals surface area contributed by atoms with Crippen LogP contribution < -0.4 is 10.6 Å². The van der Waals surface area contributed by atoms with Crippen molar-refractivity contribution in [1.29, 1.82) is 0 Å². The first-order valence-electron chi connectivity index (χ1n) is 6.54. The normalized spacial score (nSPS) is 9.41. The van der Waals surface area contributed by atoms with Gasteiger partial charge in [-0.1, -0.05) is 24.6 Å². The van der Waals surface area contributed by atoms with Crippen LogP contribution in [0.25, 0.3) is 0 Å². The lowest BCUT2D eigenvalue weighted by atomic mass is 10.1. The molecular weight excluding hydrogens is 276 g/mol. The molecule has 0 aliphatic rings. The van der Waals surface area contributed by atoms with Gasteiger partial charge in [0.15, 0.2) is 0 Å². The monoisotopic (exact) mass is 290 g/mol. The number of carbonyl (C=O) groups is 2. The predicted octanol–water partition coefficient (Wildman–Crippen LogP) is 3.04. The van der Waals surface area contributed by atoms with Crippen LogP contribution in [0, 0.1) is 12.3 Å². The van der Waals surface area contributed by atoms with Gasteiger partial charge in [-0.25, -0.2) is 0 Å². The van der Waals surface area contributed by atoms with Crippen LogP contribution in [0.15, 0.2) is 61.2 Å². The first-order valence-corrected chi connectivity index (χ1v) is 6.54. The molecule has 4 nitrogen and oxygen atoms in total. The number of hydrogen-bond acceptors (Lipinski definition) is 2. The highest BCUT2D eigenvalue weighted by molar-refractivity contribution is 6.06. The number of hydrogen-bond donors (Lipinski definition) is 2. The molecule has 0 aromatic heterocycles. The van der Waals surface area contributed by atoms with Crippen molar-refractivity contribution in [2.75, 3.05) is 10.6 Å². The number of terminal acetylenes is 1. The molecule has 0 saturated heterocycles. The predicted molar refractivity (Wildman–Crippen MR) is 87.6 cm³/mol. The minimum atomic E-state index is -0.334. The van der Waals surface area contributed by atoms with Gasteiger partial charge in [-0.3, -0.25) is 9.59 Å². The summed E-state index contributed by atoms with van der Waals surface area (Å²) in [6.45, 7) is 3.38. The maximum atomic E-state index is 12.2. The van der Waals surface area contributed by atoms with Gasteiger partial charge < -0.3 is 10.6 Å². The van der Waals surface area contributed by atoms with E-state index in [-0.39, 0.29) is 11.8 Å². The van der Waals surface area contributed by atoms with Gasteiger partial charge in [-0.05, 0) is 42.5 Å². The Hall–Kier alpha value is -3.32. The van der Waals surface area contributed by atoms with Crippen LogP contribution >= 0.6 is 0 Å². The Morgan fingerprint density at radius 3 is 2.41 bits per heavy atom. The van der Waals surface area contributed by atoms with E-state index in [9.17, 15) is 9.59 Å². The van der Waals surface area contributed by atoms with Crippen LogP contribution in [0.4, 0.5) is 11.4 Å². The number of benzene rings is 2. The Balaban J connectivity index is 2.15. The maximum Gasteiger partial charge on any atom is 0.255 e. The van der Waals surface area contributed by atoms with Crippen LogP contribution in [0.2, 0.25) is 0 Å². The van der Waals surface area contributed by atoms with Crippen molar-refractivity contribution < 1.29 is 9.59 Å². The fourth-order valence-electron chi connectivity index (χ4n) is 1.82. The van der Waals surface area contributed by atoms with E-state index >= 15 is 0 Å². The minimum absolute atomic E-state index is 0.288. The first-order chi connectivity index (χ1) is 10.6. The lowest BCUT2D eigenvalue weighted by molar-refractivity contribution is -0.111. The lowest BCUT2D eigenvalue weighted by Crippen LogP contribution is -2.13. The third kappa shape index (κ3) is 3.84. The largest absolute Gasteiger partial charge is 0.323 e. The molecule has 0 saturated carbocycles. The number of rotatable bonds is 4. The van der Waals surface area contributed by atoms with Crippen LogP contribution in [-0.4, -0.2) is 11.8 Å². The lowest BCUT2D eigenvalue weighted by Gasteiger charge is -2.08. The van der Waals surface area contributed by atoms with E-state index in [0.29, 0.717) is 22.5 Å². The molecule has 108 valence electrons. The van der Waals surface area contributed by atoms with Crippen molar-refractivity contribution >= 4 is 23.2 Å². The van der Waals surface area contributed by atoms with Gasteiger partial charge in [0.1, 0.15) is 0 Å². The second kappa shape index (κ2) is 6.91. The summed E-state index contributed by atoms with van der Waals surface area (Å²) in [7, 11) is 0. The van der Waals surface area contributed by atoms with E-state index < -0.39 is 0 Å². The van der Waals surface area contributed by atoms with Crippen molar-refractivity contribution in [2.45, 2.75) is 0 Å². The van der Waals surface area contributed by atoms with Crippen LogP contribution in [-0.2, 0) is 4.79 Å². The number of nitrogens with one attached hydrogen (secondary N) is 2. The van der Waals surface area contributed by atoms with Gasteiger partial charge in [0.05, 0.1) is 0 Å². The molecule has 0 spiro atoms. The molecule has 2 N–H and O–H groups in total. The van der Waals surface area contributed by atoms with E-state index in [1.165, 1.54) is 0 Å². The molecule has 0 atom stereocenters. The van der Waals surface area contributed by atoms with Gasteiger partial charge in [-0.15, -0.1) is 6.42 Å². The molecule has 2 rings (SSSR count). The molecule has 0 aliphatic carbocycles. The van der Waals surface area contributed by atoms with Crippen molar-refractivity contribution in [3.63, 3.8) is 0 Å². The van der Waals surface area contributed by atoms with Crippen LogP contribution in [0.3, 0.4) is 0 Å². The van der Waals surface area contributed by atoms with E-state index in [1.54, 1.807) is 48.5 Å². The van der Waals surface area contributed by atoms with E-state index in [2.05, 4.69) is 23.1 Å². The van der Waals surface area contributed by atoms with Gasteiger partial charge in [0.25, 0.3) is 5.91 Å². The summed E-state index contributed by atoms with van der Waals surface area (Å²) in [6, 6.07) is 13.6.